The molecule has 3 nitrogen and oxygen atoms in total. The second-order valence-corrected chi connectivity index (χ2v) is 4.63. The van der Waals surface area contributed by atoms with E-state index in [1.54, 1.807) is 0 Å². The molecule has 0 aromatic heterocycles. The van der Waals surface area contributed by atoms with E-state index in [1.807, 2.05) is 36.4 Å². The van der Waals surface area contributed by atoms with Crippen molar-refractivity contribution in [2.24, 2.45) is 0 Å². The number of carbonyl (C=O) groups excluding carboxylic acids is 1. The Kier molecular flexibility index (Phi) is 3.56. The molecule has 0 spiro atoms. The molecule has 0 aliphatic heterocycles. The molecule has 0 radical (unpaired) electrons. The van der Waals surface area contributed by atoms with Crippen molar-refractivity contribution in [2.45, 2.75) is 18.9 Å². The summed E-state index contributed by atoms with van der Waals surface area (Å²) in [4.78, 5) is 12.1. The fourth-order valence-corrected chi connectivity index (χ4v) is 2.54. The first-order chi connectivity index (χ1) is 9.84. The van der Waals surface area contributed by atoms with E-state index in [2.05, 4.69) is 29.7 Å². The molecule has 1 unspecified atom stereocenters. The fourth-order valence-electron chi connectivity index (χ4n) is 2.54. The van der Waals surface area contributed by atoms with E-state index in [0.29, 0.717) is 0 Å². The van der Waals surface area contributed by atoms with E-state index >= 15 is 0 Å². The lowest BCUT2D eigenvalue weighted by molar-refractivity contribution is 0.0936. The van der Waals surface area contributed by atoms with Gasteiger partial charge in [0.05, 0.1) is 6.04 Å². The largest absolute Gasteiger partial charge is 0.345 e. The van der Waals surface area contributed by atoms with Crippen LogP contribution in [0, 0.1) is 0 Å². The molecule has 2 aromatic carbocycles. The third-order valence-electron chi connectivity index (χ3n) is 3.47. The Bertz CT molecular complexity index is 572. The van der Waals surface area contributed by atoms with E-state index < -0.39 is 0 Å². The van der Waals surface area contributed by atoms with Gasteiger partial charge in [0.25, 0.3) is 5.91 Å². The zero-order chi connectivity index (χ0) is 14.4. The number of nitrogens with one attached hydrogen (secondary N) is 1. The van der Waals surface area contributed by atoms with E-state index in [-0.39, 0.29) is 11.9 Å². The number of benzene rings is 2. The van der Waals surface area contributed by atoms with Crippen LogP contribution in [0.4, 0.5) is 0 Å². The SMILES string of the molecule is O=C(NC1CCc2ccccc21)c1ccccc1.[2H]N. The summed E-state index contributed by atoms with van der Waals surface area (Å²) in [5, 5.41) is 3.11. The van der Waals surface area contributed by atoms with Gasteiger partial charge in [-0.3, -0.25) is 4.79 Å². The highest BCUT2D eigenvalue weighted by Gasteiger charge is 2.23. The summed E-state index contributed by atoms with van der Waals surface area (Å²) in [7, 11) is 0. The van der Waals surface area contributed by atoms with Gasteiger partial charge in [0.1, 0.15) is 1.41 Å². The average Bonchev–Trinajstić information content (AvgIpc) is 2.93. The normalized spacial score (nSPS) is 16.7. The maximum atomic E-state index is 12.1. The average molecular weight is 255 g/mol. The molecule has 0 bridgehead atoms. The predicted octanol–water partition coefficient (Wildman–Crippen LogP) is 3.27. The van der Waals surface area contributed by atoms with Crippen molar-refractivity contribution in [3.63, 3.8) is 0 Å². The van der Waals surface area contributed by atoms with Crippen LogP contribution in [0.2, 0.25) is 1.41 Å². The summed E-state index contributed by atoms with van der Waals surface area (Å²) in [6.45, 7) is 0. The van der Waals surface area contributed by atoms with Gasteiger partial charge in [0.2, 0.25) is 0 Å². The molecule has 0 fully saturated rings. The molecule has 98 valence electrons. The Morgan fingerprint density at radius 2 is 1.79 bits per heavy atom. The van der Waals surface area contributed by atoms with E-state index in [4.69, 9.17) is 1.41 Å². The maximum absolute atomic E-state index is 12.1. The maximum Gasteiger partial charge on any atom is 0.251 e. The number of hydrogen-bond donors (Lipinski definition) is 2. The molecule has 3 rings (SSSR count). The molecule has 0 saturated heterocycles. The van der Waals surface area contributed by atoms with Crippen LogP contribution in [0.5, 0.6) is 0 Å². The molecule has 1 atom stereocenters. The number of rotatable bonds is 2. The van der Waals surface area contributed by atoms with Crippen LogP contribution in [0.1, 0.15) is 33.9 Å². The highest BCUT2D eigenvalue weighted by molar-refractivity contribution is 5.94. The van der Waals surface area contributed by atoms with Gasteiger partial charge in [0.15, 0.2) is 0 Å². The van der Waals surface area contributed by atoms with E-state index in [0.717, 1.165) is 18.4 Å². The lowest BCUT2D eigenvalue weighted by atomic mass is 10.1. The second kappa shape index (κ2) is 5.67. The molecule has 0 saturated carbocycles. The van der Waals surface area contributed by atoms with Gasteiger partial charge in [0, 0.05) is 5.56 Å². The number of aryl methyl sites for hydroxylation is 1. The van der Waals surface area contributed by atoms with Crippen molar-refractivity contribution in [2.75, 3.05) is 0 Å². The fraction of sp³-hybridized carbons (Fsp3) is 0.188. The first-order valence-electron chi connectivity index (χ1n) is 6.86. The Labute approximate surface area is 114 Å². The molecule has 1 aliphatic carbocycles. The minimum absolute atomic E-state index is 0.0114. The second-order valence-electron chi connectivity index (χ2n) is 4.63. The van der Waals surface area contributed by atoms with Crippen molar-refractivity contribution in [1.29, 1.82) is 0 Å². The van der Waals surface area contributed by atoms with Gasteiger partial charge in [-0.1, -0.05) is 42.5 Å². The number of fused-ring (bicyclic) bond motifs is 1. The van der Waals surface area contributed by atoms with Gasteiger partial charge in [-0.15, -0.1) is 0 Å². The van der Waals surface area contributed by atoms with Crippen LogP contribution < -0.4 is 11.5 Å². The molecule has 0 heterocycles. The first-order valence-corrected chi connectivity index (χ1v) is 6.28. The van der Waals surface area contributed by atoms with Gasteiger partial charge in [-0.05, 0) is 36.1 Å². The Hall–Kier alpha value is -2.13. The Morgan fingerprint density at radius 1 is 1.11 bits per heavy atom. The summed E-state index contributed by atoms with van der Waals surface area (Å²) >= 11 is 0. The van der Waals surface area contributed by atoms with Crippen molar-refractivity contribution in [3.8, 4) is 0 Å². The number of hydrogen-bond acceptors (Lipinski definition) is 2. The van der Waals surface area contributed by atoms with Gasteiger partial charge in [-0.25, -0.2) is 0 Å². The summed E-state index contributed by atoms with van der Waals surface area (Å²) in [5.41, 5.74) is 3.35. The first kappa shape index (κ1) is 11.9. The highest BCUT2D eigenvalue weighted by atomic mass is 16.1. The molecule has 3 heteroatoms. The minimum Gasteiger partial charge on any atom is -0.345 e. The topological polar surface area (TPSA) is 64.1 Å². The lowest BCUT2D eigenvalue weighted by Crippen LogP contribution is -2.26. The van der Waals surface area contributed by atoms with E-state index in [9.17, 15) is 4.79 Å². The standard InChI is InChI=1S/C16H15NO.H3N/c18-16(13-7-2-1-3-8-13)17-15-11-10-12-6-4-5-9-14(12)15;/h1-9,15H,10-11H2,(H,17,18);1H3/i/hD. The lowest BCUT2D eigenvalue weighted by Gasteiger charge is -2.14. The molecular weight excluding hydrogens is 236 g/mol. The number of carbonyl (C=O) groups is 1. The summed E-state index contributed by atoms with van der Waals surface area (Å²) < 4.78 is 5.25. The molecular formula is C16H18N2O. The predicted molar refractivity (Wildman–Crippen MR) is 76.4 cm³/mol. The van der Waals surface area contributed by atoms with Crippen molar-refractivity contribution in [1.82, 2.24) is 11.5 Å². The van der Waals surface area contributed by atoms with Crippen LogP contribution in [-0.2, 0) is 6.42 Å². The molecule has 19 heavy (non-hydrogen) atoms. The van der Waals surface area contributed by atoms with Gasteiger partial charge >= 0.3 is 0 Å². The van der Waals surface area contributed by atoms with Crippen LogP contribution in [0.25, 0.3) is 0 Å². The summed E-state index contributed by atoms with van der Waals surface area (Å²) in [6, 6.07) is 17.9. The van der Waals surface area contributed by atoms with Crippen molar-refractivity contribution in [3.05, 3.63) is 71.3 Å². The number of amides is 1. The van der Waals surface area contributed by atoms with Gasteiger partial charge in [-0.2, -0.15) is 0 Å². The summed E-state index contributed by atoms with van der Waals surface area (Å²) in [5.74, 6) is 0.0114. The monoisotopic (exact) mass is 255 g/mol. The van der Waals surface area contributed by atoms with Crippen LogP contribution >= 0.6 is 0 Å². The van der Waals surface area contributed by atoms with Crippen LogP contribution in [0.15, 0.2) is 54.6 Å². The van der Waals surface area contributed by atoms with Gasteiger partial charge < -0.3 is 11.5 Å². The highest BCUT2D eigenvalue weighted by Crippen LogP contribution is 2.30. The van der Waals surface area contributed by atoms with Crippen LogP contribution in [-0.4, -0.2) is 5.91 Å². The molecule has 1 aliphatic rings. The summed E-state index contributed by atoms with van der Waals surface area (Å²) in [6.07, 6.45) is 5.80. The Balaban J connectivity index is 0.000000704. The van der Waals surface area contributed by atoms with E-state index in [1.165, 1.54) is 11.1 Å². The van der Waals surface area contributed by atoms with Crippen molar-refractivity contribution >= 4 is 5.91 Å². The third-order valence-corrected chi connectivity index (χ3v) is 3.47. The Morgan fingerprint density at radius 3 is 2.58 bits per heavy atom. The zero-order valence-electron chi connectivity index (χ0n) is 11.7. The van der Waals surface area contributed by atoms with Crippen molar-refractivity contribution < 1.29 is 6.21 Å². The zero-order valence-corrected chi connectivity index (χ0v) is 10.7. The molecule has 2 aromatic rings. The van der Waals surface area contributed by atoms with Crippen LogP contribution in [0.3, 0.4) is 0 Å². The smallest absolute Gasteiger partial charge is 0.251 e. The minimum atomic E-state index is 0.0114. The molecule has 4 N–H and O–H groups in total. The third kappa shape index (κ3) is 2.66. The molecule has 1 amide bonds. The quantitative estimate of drug-likeness (QED) is 0.865.